The summed E-state index contributed by atoms with van der Waals surface area (Å²) in [5, 5.41) is 16.6. The van der Waals surface area contributed by atoms with Gasteiger partial charge in [0.1, 0.15) is 0 Å². The van der Waals surface area contributed by atoms with Gasteiger partial charge in [-0.3, -0.25) is 9.78 Å². The summed E-state index contributed by atoms with van der Waals surface area (Å²) in [6.45, 7) is 0.377. The number of benzene rings is 1. The van der Waals surface area contributed by atoms with Gasteiger partial charge in [0, 0.05) is 48.9 Å². The van der Waals surface area contributed by atoms with Crippen LogP contribution in [0.25, 0.3) is 5.69 Å². The van der Waals surface area contributed by atoms with E-state index in [1.165, 1.54) is 0 Å². The zero-order valence-corrected chi connectivity index (χ0v) is 13.7. The standard InChI is InChI=1S/C19H20N4O2/c24-14-15(11-17-6-1-2-8-20-17)13-21-19(25)16-5-3-7-18(12-16)23-10-4-9-22-23/h1-10,12,15,24H,11,13-14H2,(H,21,25). The van der Waals surface area contributed by atoms with Crippen molar-refractivity contribution in [2.45, 2.75) is 6.42 Å². The Labute approximate surface area is 146 Å². The number of carbonyl (C=O) groups is 1. The molecule has 0 saturated heterocycles. The Bertz CT molecular complexity index is 803. The molecule has 1 atom stereocenters. The van der Waals surface area contributed by atoms with Crippen molar-refractivity contribution >= 4 is 5.91 Å². The molecule has 2 N–H and O–H groups in total. The molecule has 1 unspecified atom stereocenters. The van der Waals surface area contributed by atoms with Crippen molar-refractivity contribution in [2.24, 2.45) is 5.92 Å². The van der Waals surface area contributed by atoms with Gasteiger partial charge in [0.25, 0.3) is 5.91 Å². The van der Waals surface area contributed by atoms with Crippen LogP contribution in [0.15, 0.2) is 67.1 Å². The van der Waals surface area contributed by atoms with Gasteiger partial charge >= 0.3 is 0 Å². The van der Waals surface area contributed by atoms with Gasteiger partial charge in [-0.25, -0.2) is 4.68 Å². The Morgan fingerprint density at radius 3 is 2.80 bits per heavy atom. The minimum absolute atomic E-state index is 0.00974. The molecular weight excluding hydrogens is 316 g/mol. The summed E-state index contributed by atoms with van der Waals surface area (Å²) in [6, 6.07) is 14.8. The van der Waals surface area contributed by atoms with E-state index in [1.54, 1.807) is 29.2 Å². The van der Waals surface area contributed by atoms with Crippen molar-refractivity contribution < 1.29 is 9.90 Å². The van der Waals surface area contributed by atoms with E-state index in [-0.39, 0.29) is 18.4 Å². The van der Waals surface area contributed by atoms with Crippen LogP contribution in [0.2, 0.25) is 0 Å². The lowest BCUT2D eigenvalue weighted by Crippen LogP contribution is -2.32. The van der Waals surface area contributed by atoms with Gasteiger partial charge in [-0.2, -0.15) is 5.10 Å². The highest BCUT2D eigenvalue weighted by molar-refractivity contribution is 5.94. The largest absolute Gasteiger partial charge is 0.396 e. The Kier molecular flexibility index (Phi) is 5.53. The molecule has 0 fully saturated rings. The fourth-order valence-electron chi connectivity index (χ4n) is 2.57. The highest BCUT2D eigenvalue weighted by atomic mass is 16.3. The molecular formula is C19H20N4O2. The average Bonchev–Trinajstić information content (AvgIpc) is 3.20. The number of amides is 1. The lowest BCUT2D eigenvalue weighted by molar-refractivity contribution is 0.0939. The van der Waals surface area contributed by atoms with Gasteiger partial charge < -0.3 is 10.4 Å². The topological polar surface area (TPSA) is 80.0 Å². The second kappa shape index (κ2) is 8.21. The quantitative estimate of drug-likeness (QED) is 0.690. The van der Waals surface area contributed by atoms with Gasteiger partial charge in [0.15, 0.2) is 0 Å². The van der Waals surface area contributed by atoms with Crippen LogP contribution in [-0.2, 0) is 6.42 Å². The molecule has 128 valence electrons. The van der Waals surface area contributed by atoms with E-state index in [1.807, 2.05) is 42.6 Å². The first-order valence-corrected chi connectivity index (χ1v) is 8.15. The predicted octanol–water partition coefficient (Wildman–Crippen LogP) is 1.85. The molecule has 0 spiro atoms. The summed E-state index contributed by atoms with van der Waals surface area (Å²) in [4.78, 5) is 16.7. The van der Waals surface area contributed by atoms with Crippen LogP contribution in [0.1, 0.15) is 16.1 Å². The number of aliphatic hydroxyl groups is 1. The maximum atomic E-state index is 12.4. The van der Waals surface area contributed by atoms with Crippen LogP contribution in [-0.4, -0.2) is 38.9 Å². The smallest absolute Gasteiger partial charge is 0.251 e. The zero-order chi connectivity index (χ0) is 17.5. The summed E-state index contributed by atoms with van der Waals surface area (Å²) in [5.74, 6) is -0.248. The van der Waals surface area contributed by atoms with Crippen molar-refractivity contribution in [3.05, 3.63) is 78.4 Å². The van der Waals surface area contributed by atoms with E-state index < -0.39 is 0 Å². The second-order valence-electron chi connectivity index (χ2n) is 5.78. The summed E-state index contributed by atoms with van der Waals surface area (Å²) in [5.41, 5.74) is 2.28. The molecule has 2 heterocycles. The minimum atomic E-state index is -0.173. The SMILES string of the molecule is O=C(NCC(CO)Cc1ccccn1)c1cccc(-n2cccn2)c1. The average molecular weight is 336 g/mol. The van der Waals surface area contributed by atoms with Gasteiger partial charge in [-0.05, 0) is 42.8 Å². The molecule has 6 nitrogen and oxygen atoms in total. The Morgan fingerprint density at radius 1 is 1.16 bits per heavy atom. The zero-order valence-electron chi connectivity index (χ0n) is 13.7. The predicted molar refractivity (Wildman–Crippen MR) is 94.4 cm³/mol. The molecule has 3 aromatic rings. The number of pyridine rings is 1. The molecule has 1 aromatic carbocycles. The fraction of sp³-hybridized carbons (Fsp3) is 0.211. The van der Waals surface area contributed by atoms with E-state index in [0.29, 0.717) is 18.5 Å². The monoisotopic (exact) mass is 336 g/mol. The van der Waals surface area contributed by atoms with Crippen molar-refractivity contribution in [1.82, 2.24) is 20.1 Å². The summed E-state index contributed by atoms with van der Waals surface area (Å²) >= 11 is 0. The first-order valence-electron chi connectivity index (χ1n) is 8.15. The third-order valence-electron chi connectivity index (χ3n) is 3.91. The fourth-order valence-corrected chi connectivity index (χ4v) is 2.57. The number of aliphatic hydroxyl groups excluding tert-OH is 1. The Balaban J connectivity index is 1.61. The van der Waals surface area contributed by atoms with Crippen LogP contribution in [0.3, 0.4) is 0 Å². The van der Waals surface area contributed by atoms with Gasteiger partial charge in [-0.15, -0.1) is 0 Å². The maximum Gasteiger partial charge on any atom is 0.251 e. The number of rotatable bonds is 7. The molecule has 0 radical (unpaired) electrons. The molecule has 6 heteroatoms. The van der Waals surface area contributed by atoms with Crippen LogP contribution in [0.5, 0.6) is 0 Å². The van der Waals surface area contributed by atoms with E-state index in [0.717, 1.165) is 11.4 Å². The third kappa shape index (κ3) is 4.51. The molecule has 0 saturated carbocycles. The molecule has 2 aromatic heterocycles. The molecule has 25 heavy (non-hydrogen) atoms. The maximum absolute atomic E-state index is 12.4. The number of nitrogens with one attached hydrogen (secondary N) is 1. The van der Waals surface area contributed by atoms with Crippen LogP contribution < -0.4 is 5.32 Å². The highest BCUT2D eigenvalue weighted by Gasteiger charge is 2.13. The number of nitrogens with zero attached hydrogens (tertiary/aromatic N) is 3. The number of hydrogen-bond acceptors (Lipinski definition) is 4. The minimum Gasteiger partial charge on any atom is -0.396 e. The van der Waals surface area contributed by atoms with Crippen molar-refractivity contribution in [3.63, 3.8) is 0 Å². The number of hydrogen-bond donors (Lipinski definition) is 2. The van der Waals surface area contributed by atoms with Crippen LogP contribution >= 0.6 is 0 Å². The Morgan fingerprint density at radius 2 is 2.08 bits per heavy atom. The second-order valence-corrected chi connectivity index (χ2v) is 5.78. The van der Waals surface area contributed by atoms with Crippen LogP contribution in [0.4, 0.5) is 0 Å². The molecule has 0 bridgehead atoms. The van der Waals surface area contributed by atoms with E-state index in [2.05, 4.69) is 15.4 Å². The van der Waals surface area contributed by atoms with Crippen molar-refractivity contribution in [2.75, 3.05) is 13.2 Å². The lowest BCUT2D eigenvalue weighted by atomic mass is 10.0. The number of carbonyl (C=O) groups excluding carboxylic acids is 1. The van der Waals surface area contributed by atoms with E-state index in [4.69, 9.17) is 0 Å². The summed E-state index contributed by atoms with van der Waals surface area (Å²) < 4.78 is 1.70. The highest BCUT2D eigenvalue weighted by Crippen LogP contribution is 2.10. The first-order chi connectivity index (χ1) is 12.3. The molecule has 1 amide bonds. The molecule has 0 aliphatic rings. The van der Waals surface area contributed by atoms with E-state index in [9.17, 15) is 9.90 Å². The van der Waals surface area contributed by atoms with Gasteiger partial charge in [-0.1, -0.05) is 12.1 Å². The lowest BCUT2D eigenvalue weighted by Gasteiger charge is -2.15. The first kappa shape index (κ1) is 16.9. The summed E-state index contributed by atoms with van der Waals surface area (Å²) in [7, 11) is 0. The molecule has 0 aliphatic heterocycles. The van der Waals surface area contributed by atoms with Gasteiger partial charge in [0.05, 0.1) is 5.69 Å². The normalized spacial score (nSPS) is 11.9. The number of aromatic nitrogens is 3. The van der Waals surface area contributed by atoms with Gasteiger partial charge in [0.2, 0.25) is 0 Å². The van der Waals surface area contributed by atoms with Crippen molar-refractivity contribution in [3.8, 4) is 5.69 Å². The van der Waals surface area contributed by atoms with Crippen LogP contribution in [0, 0.1) is 5.92 Å². The molecule has 0 aliphatic carbocycles. The van der Waals surface area contributed by atoms with E-state index >= 15 is 0 Å². The Hall–Kier alpha value is -2.99. The molecule has 3 rings (SSSR count). The summed E-state index contributed by atoms with van der Waals surface area (Å²) in [6.07, 6.45) is 5.86. The third-order valence-corrected chi connectivity index (χ3v) is 3.91. The van der Waals surface area contributed by atoms with Crippen molar-refractivity contribution in [1.29, 1.82) is 0 Å².